The summed E-state index contributed by atoms with van der Waals surface area (Å²) in [4.78, 5) is 34.7. The third-order valence-corrected chi connectivity index (χ3v) is 4.99. The highest BCUT2D eigenvalue weighted by atomic mass is 32.2. The topological polar surface area (TPSA) is 129 Å². The summed E-state index contributed by atoms with van der Waals surface area (Å²) in [5.41, 5.74) is 0.844. The standard InChI is InChI=1S/C20H17N3O6S/c1-28-14-8-6-12(7-9-14)19(27)29-15-5-3-2-4-13(15)11-21-23-20-22-18(26)16(30-20)10-17(24)25/h2-9,11,16H,10H2,1H3,(H,24,25)(H,22,23,26)/p-1/b21-11-/t16-/m0/s1. The van der Waals surface area contributed by atoms with Gasteiger partial charge in [0.2, 0.25) is 5.91 Å². The first-order chi connectivity index (χ1) is 14.5. The number of benzene rings is 2. The number of methoxy groups -OCH3 is 1. The molecule has 0 aromatic heterocycles. The molecule has 0 saturated carbocycles. The lowest BCUT2D eigenvalue weighted by molar-refractivity contribution is -0.305. The van der Waals surface area contributed by atoms with E-state index in [1.165, 1.54) is 13.3 Å². The minimum Gasteiger partial charge on any atom is -0.550 e. The number of thioether (sulfide) groups is 1. The van der Waals surface area contributed by atoms with Gasteiger partial charge in [-0.05, 0) is 36.4 Å². The second-order valence-electron chi connectivity index (χ2n) is 5.98. The minimum atomic E-state index is -1.32. The predicted octanol–water partition coefficient (Wildman–Crippen LogP) is 0.976. The number of carbonyl (C=O) groups is 3. The Hall–Kier alpha value is -3.66. The van der Waals surface area contributed by atoms with Crippen molar-refractivity contribution in [3.05, 3.63) is 59.7 Å². The van der Waals surface area contributed by atoms with E-state index in [0.717, 1.165) is 11.8 Å². The number of carboxylic acid groups (broad SMARTS) is 1. The number of nitrogens with one attached hydrogen (secondary N) is 1. The van der Waals surface area contributed by atoms with Crippen LogP contribution in [0.5, 0.6) is 11.5 Å². The molecule has 2 aromatic rings. The molecule has 1 fully saturated rings. The Balaban J connectivity index is 1.68. The Morgan fingerprint density at radius 1 is 1.20 bits per heavy atom. The molecule has 0 bridgehead atoms. The van der Waals surface area contributed by atoms with E-state index < -0.39 is 29.5 Å². The van der Waals surface area contributed by atoms with Gasteiger partial charge in [0, 0.05) is 18.0 Å². The van der Waals surface area contributed by atoms with E-state index in [-0.39, 0.29) is 10.9 Å². The van der Waals surface area contributed by atoms with Crippen LogP contribution in [0, 0.1) is 0 Å². The molecule has 30 heavy (non-hydrogen) atoms. The third kappa shape index (κ3) is 5.45. The van der Waals surface area contributed by atoms with E-state index in [2.05, 4.69) is 15.5 Å². The van der Waals surface area contributed by atoms with Crippen molar-refractivity contribution in [2.45, 2.75) is 11.7 Å². The van der Waals surface area contributed by atoms with Crippen LogP contribution in [-0.4, -0.2) is 41.6 Å². The van der Waals surface area contributed by atoms with E-state index in [1.54, 1.807) is 48.5 Å². The van der Waals surface area contributed by atoms with E-state index in [9.17, 15) is 19.5 Å². The number of esters is 1. The predicted molar refractivity (Wildman–Crippen MR) is 109 cm³/mol. The van der Waals surface area contributed by atoms with Gasteiger partial charge in [0.15, 0.2) is 5.17 Å². The van der Waals surface area contributed by atoms with Crippen LogP contribution in [0.4, 0.5) is 0 Å². The number of carbonyl (C=O) groups excluding carboxylic acids is 3. The number of hydrogen-bond donors (Lipinski definition) is 1. The highest BCUT2D eigenvalue weighted by molar-refractivity contribution is 8.15. The Kier molecular flexibility index (Phi) is 6.81. The monoisotopic (exact) mass is 426 g/mol. The third-order valence-electron chi connectivity index (χ3n) is 3.92. The van der Waals surface area contributed by atoms with Gasteiger partial charge in [-0.15, -0.1) is 5.10 Å². The van der Waals surface area contributed by atoms with Crippen molar-refractivity contribution in [3.8, 4) is 11.5 Å². The number of hydrogen-bond acceptors (Lipinski definition) is 9. The van der Waals surface area contributed by atoms with Crippen molar-refractivity contribution in [1.29, 1.82) is 0 Å². The molecule has 154 valence electrons. The first-order valence-electron chi connectivity index (χ1n) is 8.70. The van der Waals surface area contributed by atoms with Crippen LogP contribution >= 0.6 is 11.8 Å². The zero-order chi connectivity index (χ0) is 21.5. The summed E-state index contributed by atoms with van der Waals surface area (Å²) in [5.74, 6) is -1.43. The van der Waals surface area contributed by atoms with E-state index in [0.29, 0.717) is 16.9 Å². The lowest BCUT2D eigenvalue weighted by atomic mass is 10.2. The van der Waals surface area contributed by atoms with Crippen molar-refractivity contribution >= 4 is 41.0 Å². The molecule has 9 nitrogen and oxygen atoms in total. The first kappa shape index (κ1) is 21.1. The van der Waals surface area contributed by atoms with Gasteiger partial charge in [-0.2, -0.15) is 5.10 Å². The van der Waals surface area contributed by atoms with Crippen molar-refractivity contribution in [3.63, 3.8) is 0 Å². The molecule has 0 spiro atoms. The normalized spacial score (nSPS) is 17.2. The van der Waals surface area contributed by atoms with Crippen LogP contribution in [0.2, 0.25) is 0 Å². The maximum atomic E-state index is 12.4. The molecule has 3 rings (SSSR count). The second-order valence-corrected chi connectivity index (χ2v) is 7.17. The molecule has 0 unspecified atom stereocenters. The summed E-state index contributed by atoms with van der Waals surface area (Å²) in [6.45, 7) is 0. The number of carboxylic acids is 1. The summed E-state index contributed by atoms with van der Waals surface area (Å²) in [6.07, 6.45) is 0.950. The van der Waals surface area contributed by atoms with Gasteiger partial charge in [0.1, 0.15) is 11.5 Å². The maximum absolute atomic E-state index is 12.4. The highest BCUT2D eigenvalue weighted by Gasteiger charge is 2.30. The molecule has 0 radical (unpaired) electrons. The van der Waals surface area contributed by atoms with E-state index >= 15 is 0 Å². The van der Waals surface area contributed by atoms with Gasteiger partial charge in [-0.1, -0.05) is 23.9 Å². The number of nitrogens with zero attached hydrogens (tertiary/aromatic N) is 2. The van der Waals surface area contributed by atoms with Crippen LogP contribution in [0.25, 0.3) is 0 Å². The summed E-state index contributed by atoms with van der Waals surface area (Å²) in [5, 5.41) is 20.2. The Morgan fingerprint density at radius 2 is 1.93 bits per heavy atom. The Labute approximate surface area is 175 Å². The van der Waals surface area contributed by atoms with E-state index in [1.807, 2.05) is 0 Å². The summed E-state index contributed by atoms with van der Waals surface area (Å²) >= 11 is 0.956. The van der Waals surface area contributed by atoms with Crippen LogP contribution in [0.3, 0.4) is 0 Å². The molecule has 1 N–H and O–H groups in total. The number of rotatable bonds is 7. The Bertz CT molecular complexity index is 1020. The van der Waals surface area contributed by atoms with Crippen molar-refractivity contribution in [2.75, 3.05) is 7.11 Å². The highest BCUT2D eigenvalue weighted by Crippen LogP contribution is 2.22. The Morgan fingerprint density at radius 3 is 2.63 bits per heavy atom. The first-order valence-corrected chi connectivity index (χ1v) is 9.58. The van der Waals surface area contributed by atoms with Gasteiger partial charge < -0.3 is 24.7 Å². The fourth-order valence-corrected chi connectivity index (χ4v) is 3.36. The SMILES string of the molecule is COc1ccc(C(=O)Oc2ccccc2/C=N\N=C2\NC(=O)[C@H](CC(=O)[O-])S2)cc1. The minimum absolute atomic E-state index is 0.176. The average Bonchev–Trinajstić information content (AvgIpc) is 3.07. The van der Waals surface area contributed by atoms with Gasteiger partial charge in [-0.25, -0.2) is 4.79 Å². The van der Waals surface area contributed by atoms with Gasteiger partial charge in [-0.3, -0.25) is 4.79 Å². The van der Waals surface area contributed by atoms with Gasteiger partial charge in [0.25, 0.3) is 0 Å². The number of aliphatic carboxylic acids is 1. The van der Waals surface area contributed by atoms with Crippen molar-refractivity contribution in [1.82, 2.24) is 5.32 Å². The van der Waals surface area contributed by atoms with Crippen LogP contribution in [0.15, 0.2) is 58.7 Å². The van der Waals surface area contributed by atoms with Crippen LogP contribution < -0.4 is 19.9 Å². The number of ether oxygens (including phenoxy) is 2. The summed E-state index contributed by atoms with van der Waals surface area (Å²) in [6, 6.07) is 13.2. The molecule has 10 heteroatoms. The van der Waals surface area contributed by atoms with Crippen LogP contribution in [-0.2, 0) is 9.59 Å². The number of amides is 1. The van der Waals surface area contributed by atoms with Crippen molar-refractivity contribution in [2.24, 2.45) is 10.2 Å². The van der Waals surface area contributed by atoms with Crippen molar-refractivity contribution < 1.29 is 29.0 Å². The molecule has 1 amide bonds. The lowest BCUT2D eigenvalue weighted by Gasteiger charge is -2.07. The fraction of sp³-hybridized carbons (Fsp3) is 0.150. The summed E-state index contributed by atoms with van der Waals surface area (Å²) in [7, 11) is 1.53. The number of para-hydroxylation sites is 1. The second kappa shape index (κ2) is 9.70. The maximum Gasteiger partial charge on any atom is 0.343 e. The molecule has 1 heterocycles. The molecular weight excluding hydrogens is 410 g/mol. The smallest absolute Gasteiger partial charge is 0.343 e. The largest absolute Gasteiger partial charge is 0.550 e. The average molecular weight is 426 g/mol. The lowest BCUT2D eigenvalue weighted by Crippen LogP contribution is -2.31. The molecular formula is C20H16N3O6S-. The number of amidine groups is 1. The zero-order valence-corrected chi connectivity index (χ0v) is 16.5. The molecule has 1 saturated heterocycles. The summed E-state index contributed by atoms with van der Waals surface area (Å²) < 4.78 is 10.5. The zero-order valence-electron chi connectivity index (χ0n) is 15.7. The van der Waals surface area contributed by atoms with Gasteiger partial charge >= 0.3 is 5.97 Å². The van der Waals surface area contributed by atoms with Crippen LogP contribution in [0.1, 0.15) is 22.3 Å². The molecule has 2 aromatic carbocycles. The fourth-order valence-electron chi connectivity index (χ4n) is 2.45. The molecule has 1 atom stereocenters. The molecule has 0 aliphatic carbocycles. The molecule has 1 aliphatic rings. The van der Waals surface area contributed by atoms with Gasteiger partial charge in [0.05, 0.1) is 24.1 Å². The quantitative estimate of drug-likeness (QED) is 0.302. The molecule has 1 aliphatic heterocycles. The van der Waals surface area contributed by atoms with E-state index in [4.69, 9.17) is 9.47 Å².